The van der Waals surface area contributed by atoms with Crippen molar-refractivity contribution in [2.24, 2.45) is 0 Å². The van der Waals surface area contributed by atoms with Crippen LogP contribution in [0.15, 0.2) is 48.8 Å². The zero-order valence-corrected chi connectivity index (χ0v) is 14.9. The molecule has 1 heterocycles. The van der Waals surface area contributed by atoms with Crippen LogP contribution in [0.3, 0.4) is 0 Å². The number of thioether (sulfide) groups is 1. The van der Waals surface area contributed by atoms with E-state index in [-0.39, 0.29) is 16.6 Å². The third-order valence-corrected chi connectivity index (χ3v) is 4.44. The Morgan fingerprint density at radius 2 is 1.76 bits per heavy atom. The van der Waals surface area contributed by atoms with Crippen LogP contribution in [-0.2, 0) is 9.53 Å². The summed E-state index contributed by atoms with van der Waals surface area (Å²) in [6.07, 6.45) is 2.77. The van der Waals surface area contributed by atoms with Gasteiger partial charge in [0.25, 0.3) is 0 Å². The van der Waals surface area contributed by atoms with E-state index in [1.807, 2.05) is 6.07 Å². The van der Waals surface area contributed by atoms with E-state index in [0.717, 1.165) is 11.8 Å². The quantitative estimate of drug-likeness (QED) is 0.827. The monoisotopic (exact) mass is 358 g/mol. The summed E-state index contributed by atoms with van der Waals surface area (Å²) in [5, 5.41) is 2.48. The summed E-state index contributed by atoms with van der Waals surface area (Å²) >= 11 is 0.934. The Morgan fingerprint density at radius 3 is 2.40 bits per heavy atom. The zero-order chi connectivity index (χ0) is 18.4. The van der Waals surface area contributed by atoms with Crippen molar-refractivity contribution in [2.45, 2.75) is 18.6 Å². The highest BCUT2D eigenvalue weighted by Crippen LogP contribution is 2.29. The number of anilines is 1. The predicted molar refractivity (Wildman–Crippen MR) is 96.6 cm³/mol. The van der Waals surface area contributed by atoms with Crippen LogP contribution in [0, 0.1) is 0 Å². The molecule has 0 spiro atoms. The van der Waals surface area contributed by atoms with E-state index >= 15 is 0 Å². The van der Waals surface area contributed by atoms with Gasteiger partial charge in [0.05, 0.1) is 29.3 Å². The van der Waals surface area contributed by atoms with Gasteiger partial charge in [-0.15, -0.1) is 0 Å². The predicted octanol–water partition coefficient (Wildman–Crippen LogP) is 3.16. The molecule has 2 rings (SSSR count). The van der Waals surface area contributed by atoms with E-state index in [2.05, 4.69) is 15.0 Å². The molecule has 1 amide bonds. The normalized spacial score (nSPS) is 10.8. The van der Waals surface area contributed by atoms with Crippen molar-refractivity contribution in [2.75, 3.05) is 12.4 Å². The lowest BCUT2D eigenvalue weighted by Crippen LogP contribution is -2.35. The van der Waals surface area contributed by atoms with Gasteiger partial charge in [0, 0.05) is 11.8 Å². The number of carbonyl (C=O) groups excluding carboxylic acids is 3. The number of carbonyl (C=O) groups is 3. The Labute approximate surface area is 150 Å². The molecular weight excluding hydrogens is 340 g/mol. The average molecular weight is 358 g/mol. The molecule has 6 nitrogen and oxygen atoms in total. The van der Waals surface area contributed by atoms with Crippen LogP contribution < -0.4 is 5.32 Å². The molecule has 25 heavy (non-hydrogen) atoms. The van der Waals surface area contributed by atoms with Crippen LogP contribution in [0.25, 0.3) is 0 Å². The van der Waals surface area contributed by atoms with Crippen LogP contribution in [0.4, 0.5) is 5.69 Å². The highest BCUT2D eigenvalue weighted by molar-refractivity contribution is 8.15. The Balaban J connectivity index is 2.08. The maximum atomic E-state index is 12.5. The lowest BCUT2D eigenvalue weighted by molar-refractivity contribution is -0.117. The van der Waals surface area contributed by atoms with Gasteiger partial charge in [-0.05, 0) is 19.9 Å². The van der Waals surface area contributed by atoms with Crippen LogP contribution >= 0.6 is 11.8 Å². The molecule has 130 valence electrons. The summed E-state index contributed by atoms with van der Waals surface area (Å²) in [4.78, 5) is 40.3. The van der Waals surface area contributed by atoms with Gasteiger partial charge < -0.3 is 10.1 Å². The molecule has 0 radical (unpaired) electrons. The summed E-state index contributed by atoms with van der Waals surface area (Å²) in [5.41, 5.74) is 1.11. The van der Waals surface area contributed by atoms with E-state index in [0.29, 0.717) is 11.3 Å². The zero-order valence-electron chi connectivity index (χ0n) is 14.1. The summed E-state index contributed by atoms with van der Waals surface area (Å²) in [6, 6.07) is 10.2. The number of aromatic nitrogens is 1. The van der Waals surface area contributed by atoms with Gasteiger partial charge in [-0.2, -0.15) is 0 Å². The molecule has 2 aromatic rings. The number of esters is 1. The van der Waals surface area contributed by atoms with Crippen molar-refractivity contribution >= 4 is 34.4 Å². The number of ether oxygens (including phenoxy) is 1. The highest BCUT2D eigenvalue weighted by atomic mass is 32.2. The van der Waals surface area contributed by atoms with Gasteiger partial charge in [-0.3, -0.25) is 14.6 Å². The number of nitrogens with zero attached hydrogens (tertiary/aromatic N) is 1. The summed E-state index contributed by atoms with van der Waals surface area (Å²) < 4.78 is 3.62. The van der Waals surface area contributed by atoms with Crippen molar-refractivity contribution in [3.05, 3.63) is 59.9 Å². The van der Waals surface area contributed by atoms with Crippen LogP contribution in [0.5, 0.6) is 0 Å². The molecule has 0 bridgehead atoms. The van der Waals surface area contributed by atoms with Crippen molar-refractivity contribution in [1.82, 2.24) is 4.98 Å². The van der Waals surface area contributed by atoms with Gasteiger partial charge in [-0.25, -0.2) is 4.79 Å². The largest absolute Gasteiger partial charge is 0.465 e. The first-order valence-corrected chi connectivity index (χ1v) is 8.28. The van der Waals surface area contributed by atoms with Gasteiger partial charge in [0.2, 0.25) is 11.0 Å². The minimum Gasteiger partial charge on any atom is -0.465 e. The molecule has 0 unspecified atom stereocenters. The minimum atomic E-state index is -1.01. The molecule has 0 aliphatic carbocycles. The fourth-order valence-electron chi connectivity index (χ4n) is 1.93. The Bertz CT molecular complexity index is 791. The molecule has 7 heteroatoms. The van der Waals surface area contributed by atoms with Crippen LogP contribution in [-0.4, -0.2) is 33.8 Å². The maximum absolute atomic E-state index is 12.5. The first kappa shape index (κ1) is 18.7. The van der Waals surface area contributed by atoms with E-state index in [4.69, 9.17) is 0 Å². The number of rotatable bonds is 5. The Kier molecular flexibility index (Phi) is 5.93. The number of pyridine rings is 1. The van der Waals surface area contributed by atoms with E-state index < -0.39 is 10.7 Å². The number of nitrogens with one attached hydrogen (secondary N) is 1. The summed E-state index contributed by atoms with van der Waals surface area (Å²) in [7, 11) is 1.27. The second-order valence-corrected chi connectivity index (χ2v) is 7.27. The first-order chi connectivity index (χ1) is 11.8. The number of amides is 1. The Morgan fingerprint density at radius 1 is 1.08 bits per heavy atom. The first-order valence-electron chi connectivity index (χ1n) is 7.46. The van der Waals surface area contributed by atoms with Crippen molar-refractivity contribution in [1.29, 1.82) is 0 Å². The fourth-order valence-corrected chi connectivity index (χ4v) is 2.79. The molecule has 0 saturated carbocycles. The third-order valence-electron chi connectivity index (χ3n) is 3.32. The smallest absolute Gasteiger partial charge is 0.339 e. The molecule has 0 aliphatic heterocycles. The number of hydrogen-bond donors (Lipinski definition) is 1. The average Bonchev–Trinajstić information content (AvgIpc) is 2.61. The number of hydrogen-bond acceptors (Lipinski definition) is 6. The maximum Gasteiger partial charge on any atom is 0.339 e. The van der Waals surface area contributed by atoms with Crippen LogP contribution in [0.1, 0.15) is 34.6 Å². The number of methoxy groups -OCH3 is 1. The van der Waals surface area contributed by atoms with E-state index in [1.165, 1.54) is 25.6 Å². The van der Waals surface area contributed by atoms with Crippen LogP contribution in [0.2, 0.25) is 0 Å². The summed E-state index contributed by atoms with van der Waals surface area (Å²) in [6.45, 7) is 3.32. The van der Waals surface area contributed by atoms with Gasteiger partial charge in [0.1, 0.15) is 0 Å². The molecule has 1 aromatic heterocycles. The van der Waals surface area contributed by atoms with E-state index in [1.54, 1.807) is 38.1 Å². The molecule has 0 saturated heterocycles. The molecular formula is C18H18N2O4S. The second-order valence-electron chi connectivity index (χ2n) is 5.67. The standard InChI is InChI=1S/C18H18N2O4S/c1-18(2,25-16(22)12-7-5-4-6-8-12)17(23)20-14-9-13(10-19-11-14)15(21)24-3/h4-11H,1-3H3,(H,20,23). The molecule has 0 fully saturated rings. The molecule has 1 aromatic carbocycles. The number of benzene rings is 1. The van der Waals surface area contributed by atoms with Gasteiger partial charge >= 0.3 is 5.97 Å². The SMILES string of the molecule is COC(=O)c1cncc(NC(=O)C(C)(C)SC(=O)c2ccccc2)c1. The lowest BCUT2D eigenvalue weighted by atomic mass is 10.2. The third kappa shape index (κ3) is 4.90. The van der Waals surface area contributed by atoms with E-state index in [9.17, 15) is 14.4 Å². The Hall–Kier alpha value is -2.67. The molecule has 0 atom stereocenters. The van der Waals surface area contributed by atoms with Crippen molar-refractivity contribution in [3.63, 3.8) is 0 Å². The molecule has 1 N–H and O–H groups in total. The fraction of sp³-hybridized carbons (Fsp3) is 0.222. The summed E-state index contributed by atoms with van der Waals surface area (Å²) in [5.74, 6) is -0.915. The lowest BCUT2D eigenvalue weighted by Gasteiger charge is -2.22. The van der Waals surface area contributed by atoms with Gasteiger partial charge in [0.15, 0.2) is 0 Å². The topological polar surface area (TPSA) is 85.4 Å². The minimum absolute atomic E-state index is 0.192. The van der Waals surface area contributed by atoms with Gasteiger partial charge in [-0.1, -0.05) is 42.1 Å². The molecule has 0 aliphatic rings. The van der Waals surface area contributed by atoms with Crippen molar-refractivity contribution < 1.29 is 19.1 Å². The highest BCUT2D eigenvalue weighted by Gasteiger charge is 2.32. The second kappa shape index (κ2) is 7.94. The van der Waals surface area contributed by atoms with Crippen molar-refractivity contribution in [3.8, 4) is 0 Å².